The first-order chi connectivity index (χ1) is 15.7. The molecule has 176 valence electrons. The summed E-state index contributed by atoms with van der Waals surface area (Å²) in [6.45, 7) is 1.80. The molecule has 4 rings (SSSR count). The Morgan fingerprint density at radius 2 is 2.00 bits per heavy atom. The molecular formula is C24H28F2N4O3. The van der Waals surface area contributed by atoms with Crippen molar-refractivity contribution in [1.82, 2.24) is 20.6 Å². The monoisotopic (exact) mass is 458 g/mol. The average molecular weight is 459 g/mol. The van der Waals surface area contributed by atoms with Crippen LogP contribution >= 0.6 is 0 Å². The van der Waals surface area contributed by atoms with Crippen LogP contribution in [0.2, 0.25) is 0 Å². The molecule has 1 aliphatic rings. The van der Waals surface area contributed by atoms with Gasteiger partial charge in [0.1, 0.15) is 11.6 Å². The highest BCUT2D eigenvalue weighted by atomic mass is 19.1. The average Bonchev–Trinajstić information content (AvgIpc) is 3.21. The highest BCUT2D eigenvalue weighted by Gasteiger charge is 2.30. The van der Waals surface area contributed by atoms with Crippen molar-refractivity contribution in [3.05, 3.63) is 59.4 Å². The molecule has 33 heavy (non-hydrogen) atoms. The van der Waals surface area contributed by atoms with Gasteiger partial charge >= 0.3 is 6.03 Å². The third-order valence-corrected chi connectivity index (χ3v) is 6.19. The summed E-state index contributed by atoms with van der Waals surface area (Å²) >= 11 is 0. The van der Waals surface area contributed by atoms with Crippen molar-refractivity contribution in [3.8, 4) is 5.75 Å². The Kier molecular flexibility index (Phi) is 6.51. The van der Waals surface area contributed by atoms with Crippen LogP contribution < -0.4 is 15.4 Å². The molecule has 1 aromatic heterocycles. The molecule has 4 N–H and O–H groups in total. The molecule has 1 heterocycles. The maximum absolute atomic E-state index is 14.7. The van der Waals surface area contributed by atoms with Crippen LogP contribution in [0.1, 0.15) is 50.0 Å². The molecule has 1 atom stereocenters. The number of rotatable bonds is 6. The normalized spacial score (nSPS) is 21.5. The number of nitrogens with zero attached hydrogens (tertiary/aromatic N) is 1. The van der Waals surface area contributed by atoms with Crippen molar-refractivity contribution in [2.75, 3.05) is 7.11 Å². The fourth-order valence-electron chi connectivity index (χ4n) is 4.23. The Balaban J connectivity index is 1.55. The molecule has 1 fully saturated rings. The summed E-state index contributed by atoms with van der Waals surface area (Å²) in [5.74, 6) is -1.06. The number of ether oxygens (including phenoxy) is 1. The maximum Gasteiger partial charge on any atom is 0.315 e. The molecule has 0 unspecified atom stereocenters. The number of hydrogen-bond donors (Lipinski definition) is 4. The first kappa shape index (κ1) is 23.0. The Labute approximate surface area is 190 Å². The SMILES string of the molecule is COc1cc(F)c(C[C@@H](NC(=O)NC2CCC(C)(O)CC2)c2nc3ccccc3[nH]2)cc1F. The van der Waals surface area contributed by atoms with Crippen LogP contribution in [-0.4, -0.2) is 39.9 Å². The highest BCUT2D eigenvalue weighted by molar-refractivity contribution is 5.76. The van der Waals surface area contributed by atoms with Crippen molar-refractivity contribution in [2.24, 2.45) is 0 Å². The summed E-state index contributed by atoms with van der Waals surface area (Å²) in [7, 11) is 1.27. The maximum atomic E-state index is 14.7. The fraction of sp³-hybridized carbons (Fsp3) is 0.417. The number of carbonyl (C=O) groups excluding carboxylic acids is 1. The lowest BCUT2D eigenvalue weighted by Crippen LogP contribution is -2.47. The van der Waals surface area contributed by atoms with E-state index in [1.165, 1.54) is 7.11 Å². The van der Waals surface area contributed by atoms with E-state index in [9.17, 15) is 18.7 Å². The Morgan fingerprint density at radius 1 is 1.27 bits per heavy atom. The van der Waals surface area contributed by atoms with Crippen molar-refractivity contribution in [3.63, 3.8) is 0 Å². The molecule has 3 aromatic rings. The number of aromatic nitrogens is 2. The van der Waals surface area contributed by atoms with Crippen LogP contribution in [0.15, 0.2) is 36.4 Å². The lowest BCUT2D eigenvalue weighted by molar-refractivity contribution is 0.0151. The second-order valence-corrected chi connectivity index (χ2v) is 8.86. The number of methoxy groups -OCH3 is 1. The summed E-state index contributed by atoms with van der Waals surface area (Å²) in [6, 6.07) is 8.22. The van der Waals surface area contributed by atoms with E-state index in [1.54, 1.807) is 6.92 Å². The van der Waals surface area contributed by atoms with Gasteiger partial charge in [-0.3, -0.25) is 0 Å². The van der Waals surface area contributed by atoms with E-state index in [0.717, 1.165) is 17.6 Å². The first-order valence-electron chi connectivity index (χ1n) is 11.0. The third-order valence-electron chi connectivity index (χ3n) is 6.19. The van der Waals surface area contributed by atoms with Crippen LogP contribution in [0.25, 0.3) is 11.0 Å². The van der Waals surface area contributed by atoms with Crippen molar-refractivity contribution in [2.45, 2.75) is 56.7 Å². The van der Waals surface area contributed by atoms with Gasteiger partial charge < -0.3 is 25.5 Å². The number of amides is 2. The largest absolute Gasteiger partial charge is 0.494 e. The summed E-state index contributed by atoms with van der Waals surface area (Å²) < 4.78 is 33.7. The van der Waals surface area contributed by atoms with Crippen LogP contribution in [0.5, 0.6) is 5.75 Å². The van der Waals surface area contributed by atoms with Crippen molar-refractivity contribution in [1.29, 1.82) is 0 Å². The van der Waals surface area contributed by atoms with E-state index < -0.39 is 29.3 Å². The Hall–Kier alpha value is -3.20. The number of nitrogens with one attached hydrogen (secondary N) is 3. The van der Waals surface area contributed by atoms with E-state index >= 15 is 0 Å². The fourth-order valence-corrected chi connectivity index (χ4v) is 4.23. The quantitative estimate of drug-likeness (QED) is 0.446. The summed E-state index contributed by atoms with van der Waals surface area (Å²) in [4.78, 5) is 20.5. The molecule has 9 heteroatoms. The molecule has 7 nitrogen and oxygen atoms in total. The van der Waals surface area contributed by atoms with Gasteiger partial charge in [0.15, 0.2) is 11.6 Å². The number of imidazole rings is 1. The number of carbonyl (C=O) groups is 1. The van der Waals surface area contributed by atoms with Gasteiger partial charge in [0.05, 0.1) is 29.8 Å². The zero-order valence-electron chi connectivity index (χ0n) is 18.6. The molecule has 2 amide bonds. The first-order valence-corrected chi connectivity index (χ1v) is 11.0. The predicted molar refractivity (Wildman–Crippen MR) is 120 cm³/mol. The predicted octanol–water partition coefficient (Wildman–Crippen LogP) is 4.13. The Morgan fingerprint density at radius 3 is 2.70 bits per heavy atom. The second-order valence-electron chi connectivity index (χ2n) is 8.86. The van der Waals surface area contributed by atoms with E-state index in [2.05, 4.69) is 20.6 Å². The zero-order valence-corrected chi connectivity index (χ0v) is 18.6. The number of aromatic amines is 1. The van der Waals surface area contributed by atoms with Gasteiger partial charge in [0.25, 0.3) is 0 Å². The van der Waals surface area contributed by atoms with Crippen LogP contribution in [-0.2, 0) is 6.42 Å². The number of halogens is 2. The molecule has 1 aliphatic carbocycles. The van der Waals surface area contributed by atoms with E-state index in [-0.39, 0.29) is 23.8 Å². The van der Waals surface area contributed by atoms with Gasteiger partial charge in [-0.05, 0) is 56.4 Å². The highest BCUT2D eigenvalue weighted by Crippen LogP contribution is 2.28. The standard InChI is InChI=1S/C24H28F2N4O3/c1-24(32)9-7-15(8-10-24)27-23(31)30-20(22-28-18-5-3-4-6-19(18)29-22)12-14-11-17(26)21(33-2)13-16(14)25/h3-6,11,13,15,20,32H,7-10,12H2,1-2H3,(H,28,29)(H2,27,30,31)/t15?,20-,24?/m1/s1. The minimum absolute atomic E-state index is 0.0145. The summed E-state index contributed by atoms with van der Waals surface area (Å²) in [5, 5.41) is 15.9. The van der Waals surface area contributed by atoms with Crippen LogP contribution in [0.3, 0.4) is 0 Å². The van der Waals surface area contributed by atoms with Gasteiger partial charge in [0, 0.05) is 18.5 Å². The number of benzene rings is 2. The molecule has 0 radical (unpaired) electrons. The van der Waals surface area contributed by atoms with Gasteiger partial charge in [-0.25, -0.2) is 18.6 Å². The number of hydrogen-bond acceptors (Lipinski definition) is 4. The Bertz CT molecular complexity index is 1100. The number of H-pyrrole nitrogens is 1. The minimum atomic E-state index is -0.730. The lowest BCUT2D eigenvalue weighted by Gasteiger charge is -2.33. The molecule has 0 saturated heterocycles. The van der Waals surface area contributed by atoms with Gasteiger partial charge in [0.2, 0.25) is 0 Å². The van der Waals surface area contributed by atoms with Crippen molar-refractivity contribution < 1.29 is 23.4 Å². The molecule has 1 saturated carbocycles. The molecule has 0 spiro atoms. The van der Waals surface area contributed by atoms with E-state index in [0.29, 0.717) is 37.0 Å². The topological polar surface area (TPSA) is 99.3 Å². The minimum Gasteiger partial charge on any atom is -0.494 e. The summed E-state index contributed by atoms with van der Waals surface area (Å²) in [5.41, 5.74) is 0.862. The number of fused-ring (bicyclic) bond motifs is 1. The molecule has 0 bridgehead atoms. The second kappa shape index (κ2) is 9.35. The molecule has 0 aliphatic heterocycles. The van der Waals surface area contributed by atoms with Gasteiger partial charge in [-0.15, -0.1) is 0 Å². The van der Waals surface area contributed by atoms with Crippen LogP contribution in [0.4, 0.5) is 13.6 Å². The van der Waals surface area contributed by atoms with Gasteiger partial charge in [-0.2, -0.15) is 0 Å². The van der Waals surface area contributed by atoms with Crippen molar-refractivity contribution >= 4 is 17.1 Å². The number of urea groups is 1. The van der Waals surface area contributed by atoms with Gasteiger partial charge in [-0.1, -0.05) is 12.1 Å². The third kappa shape index (κ3) is 5.42. The number of aliphatic hydroxyl groups is 1. The molecular weight excluding hydrogens is 430 g/mol. The number of para-hydroxylation sites is 2. The molecule has 2 aromatic carbocycles. The smallest absolute Gasteiger partial charge is 0.315 e. The lowest BCUT2D eigenvalue weighted by atomic mass is 9.84. The summed E-state index contributed by atoms with van der Waals surface area (Å²) in [6.07, 6.45) is 2.50. The van der Waals surface area contributed by atoms with E-state index in [4.69, 9.17) is 4.74 Å². The van der Waals surface area contributed by atoms with E-state index in [1.807, 2.05) is 24.3 Å². The van der Waals surface area contributed by atoms with Crippen LogP contribution in [0, 0.1) is 11.6 Å². The zero-order chi connectivity index (χ0) is 23.6.